The number of nitrogen functional groups attached to an aromatic ring is 1. The summed E-state index contributed by atoms with van der Waals surface area (Å²) in [5, 5.41) is 2.84. The minimum atomic E-state index is -0.588. The molecule has 0 spiro atoms. The molecule has 17 heavy (non-hydrogen) atoms. The van der Waals surface area contributed by atoms with Gasteiger partial charge in [-0.1, -0.05) is 6.92 Å². The lowest BCUT2D eigenvalue weighted by Gasteiger charge is -2.18. The lowest BCUT2D eigenvalue weighted by molar-refractivity contribution is -0.127. The van der Waals surface area contributed by atoms with Crippen molar-refractivity contribution in [2.45, 2.75) is 39.3 Å². The van der Waals surface area contributed by atoms with Crippen molar-refractivity contribution in [1.82, 2.24) is 10.3 Å². The van der Waals surface area contributed by atoms with E-state index in [-0.39, 0.29) is 17.8 Å². The Bertz CT molecular complexity index is 382. The molecule has 1 heterocycles. The lowest BCUT2D eigenvalue weighted by atomic mass is 10.2. The molecule has 1 rings (SSSR count). The van der Waals surface area contributed by atoms with Gasteiger partial charge in [0.15, 0.2) is 17.7 Å². The number of carbonyl (C=O) groups excluding carboxylic acids is 1. The molecule has 1 aromatic rings. The summed E-state index contributed by atoms with van der Waals surface area (Å²) in [5.41, 5.74) is 5.63. The minimum absolute atomic E-state index is 0.139. The first-order valence-electron chi connectivity index (χ1n) is 5.72. The van der Waals surface area contributed by atoms with Gasteiger partial charge in [0, 0.05) is 12.2 Å². The maximum atomic E-state index is 11.7. The maximum Gasteiger partial charge on any atom is 0.260 e. The highest BCUT2D eigenvalue weighted by atomic mass is 16.5. The summed E-state index contributed by atoms with van der Waals surface area (Å²) in [6.07, 6.45) is 1.87. The zero-order chi connectivity index (χ0) is 12.8. The van der Waals surface area contributed by atoms with E-state index in [1.54, 1.807) is 25.3 Å². The number of nitrogens with one attached hydrogen (secondary N) is 1. The number of rotatable bonds is 5. The number of nitrogens with zero attached hydrogens (tertiary/aromatic N) is 1. The van der Waals surface area contributed by atoms with E-state index in [0.717, 1.165) is 6.42 Å². The van der Waals surface area contributed by atoms with Gasteiger partial charge in [-0.3, -0.25) is 4.79 Å². The predicted molar refractivity (Wildman–Crippen MR) is 66.6 cm³/mol. The highest BCUT2D eigenvalue weighted by molar-refractivity contribution is 5.81. The number of aromatic nitrogens is 1. The third kappa shape index (κ3) is 3.94. The molecule has 5 heteroatoms. The average molecular weight is 237 g/mol. The van der Waals surface area contributed by atoms with Gasteiger partial charge >= 0.3 is 0 Å². The topological polar surface area (TPSA) is 77.2 Å². The fourth-order valence-corrected chi connectivity index (χ4v) is 1.21. The van der Waals surface area contributed by atoms with Gasteiger partial charge in [0.2, 0.25) is 0 Å². The van der Waals surface area contributed by atoms with E-state index in [1.807, 2.05) is 13.8 Å². The number of carbonyl (C=O) groups is 1. The van der Waals surface area contributed by atoms with E-state index in [2.05, 4.69) is 10.3 Å². The number of nitrogens with two attached hydrogens (primary N) is 1. The van der Waals surface area contributed by atoms with Crippen LogP contribution in [0.3, 0.4) is 0 Å². The summed E-state index contributed by atoms with van der Waals surface area (Å²) in [6, 6.07) is 3.54. The van der Waals surface area contributed by atoms with Crippen molar-refractivity contribution >= 4 is 11.7 Å². The molecule has 0 fully saturated rings. The van der Waals surface area contributed by atoms with Crippen molar-refractivity contribution in [3.63, 3.8) is 0 Å². The van der Waals surface area contributed by atoms with Gasteiger partial charge in [0.25, 0.3) is 5.91 Å². The smallest absolute Gasteiger partial charge is 0.260 e. The predicted octanol–water partition coefficient (Wildman–Crippen LogP) is 1.35. The molecule has 94 valence electrons. The highest BCUT2D eigenvalue weighted by Gasteiger charge is 2.17. The number of ether oxygens (including phenoxy) is 1. The van der Waals surface area contributed by atoms with E-state index in [9.17, 15) is 4.79 Å². The molecule has 0 bridgehead atoms. The molecular formula is C12H19N3O2. The second-order valence-electron chi connectivity index (χ2n) is 3.96. The summed E-state index contributed by atoms with van der Waals surface area (Å²) in [6.45, 7) is 5.64. The van der Waals surface area contributed by atoms with Crippen LogP contribution in [0.2, 0.25) is 0 Å². The van der Waals surface area contributed by atoms with E-state index >= 15 is 0 Å². The molecule has 0 saturated carbocycles. The van der Waals surface area contributed by atoms with Crippen molar-refractivity contribution < 1.29 is 9.53 Å². The summed E-state index contributed by atoms with van der Waals surface area (Å²) in [4.78, 5) is 15.6. The first-order chi connectivity index (χ1) is 8.04. The van der Waals surface area contributed by atoms with E-state index < -0.39 is 6.10 Å². The van der Waals surface area contributed by atoms with Crippen LogP contribution in [0.4, 0.5) is 5.82 Å². The number of amides is 1. The van der Waals surface area contributed by atoms with Gasteiger partial charge in [0.05, 0.1) is 0 Å². The second-order valence-corrected chi connectivity index (χ2v) is 3.96. The molecule has 5 nitrogen and oxygen atoms in total. The first-order valence-corrected chi connectivity index (χ1v) is 5.72. The van der Waals surface area contributed by atoms with E-state index in [4.69, 9.17) is 10.5 Å². The molecule has 3 N–H and O–H groups in total. The summed E-state index contributed by atoms with van der Waals surface area (Å²) >= 11 is 0. The van der Waals surface area contributed by atoms with Crippen molar-refractivity contribution in [1.29, 1.82) is 0 Å². The van der Waals surface area contributed by atoms with Crippen LogP contribution in [0.5, 0.6) is 5.75 Å². The van der Waals surface area contributed by atoms with Crippen molar-refractivity contribution in [2.75, 3.05) is 5.73 Å². The second kappa shape index (κ2) is 6.08. The van der Waals surface area contributed by atoms with Gasteiger partial charge in [-0.2, -0.15) is 0 Å². The Labute approximate surface area is 101 Å². The quantitative estimate of drug-likeness (QED) is 0.810. The Morgan fingerprint density at radius 1 is 1.59 bits per heavy atom. The summed E-state index contributed by atoms with van der Waals surface area (Å²) in [5.74, 6) is 0.567. The zero-order valence-corrected chi connectivity index (χ0v) is 10.4. The Hall–Kier alpha value is -1.78. The van der Waals surface area contributed by atoms with Crippen molar-refractivity contribution in [3.8, 4) is 5.75 Å². The molecular weight excluding hydrogens is 218 g/mol. The van der Waals surface area contributed by atoms with Crippen LogP contribution in [-0.2, 0) is 4.79 Å². The molecule has 0 radical (unpaired) electrons. The molecule has 0 aliphatic carbocycles. The fourth-order valence-electron chi connectivity index (χ4n) is 1.21. The van der Waals surface area contributed by atoms with Crippen LogP contribution in [0, 0.1) is 0 Å². The average Bonchev–Trinajstić information content (AvgIpc) is 2.31. The van der Waals surface area contributed by atoms with Crippen LogP contribution in [0.15, 0.2) is 18.3 Å². The largest absolute Gasteiger partial charge is 0.477 e. The van der Waals surface area contributed by atoms with E-state index in [1.165, 1.54) is 0 Å². The SMILES string of the molecule is CCC(C)NC(=O)C(C)Oc1cccnc1N. The number of pyridine rings is 1. The molecule has 0 saturated heterocycles. The zero-order valence-electron chi connectivity index (χ0n) is 10.4. The highest BCUT2D eigenvalue weighted by Crippen LogP contribution is 2.18. The van der Waals surface area contributed by atoms with Gasteiger partial charge in [-0.25, -0.2) is 4.98 Å². The normalized spacial score (nSPS) is 13.8. The Kier molecular flexibility index (Phi) is 4.75. The van der Waals surface area contributed by atoms with Crippen molar-refractivity contribution in [3.05, 3.63) is 18.3 Å². The molecule has 0 aromatic carbocycles. The van der Waals surface area contributed by atoms with Crippen LogP contribution >= 0.6 is 0 Å². The summed E-state index contributed by atoms with van der Waals surface area (Å²) in [7, 11) is 0. The van der Waals surface area contributed by atoms with E-state index in [0.29, 0.717) is 5.75 Å². The standard InChI is InChI=1S/C12H19N3O2/c1-4-8(2)15-12(16)9(3)17-10-6-5-7-14-11(10)13/h5-9H,4H2,1-3H3,(H2,13,14)(H,15,16). The van der Waals surface area contributed by atoms with Crippen LogP contribution in [0.1, 0.15) is 27.2 Å². The molecule has 1 aromatic heterocycles. The van der Waals surface area contributed by atoms with Crippen LogP contribution < -0.4 is 15.8 Å². The molecule has 0 aliphatic rings. The Morgan fingerprint density at radius 2 is 2.29 bits per heavy atom. The van der Waals surface area contributed by atoms with Gasteiger partial charge < -0.3 is 15.8 Å². The minimum Gasteiger partial charge on any atom is -0.477 e. The number of hydrogen-bond acceptors (Lipinski definition) is 4. The maximum absolute atomic E-state index is 11.7. The molecule has 1 amide bonds. The summed E-state index contributed by atoms with van der Waals surface area (Å²) < 4.78 is 5.45. The molecule has 2 unspecified atom stereocenters. The van der Waals surface area contributed by atoms with Gasteiger partial charge in [0.1, 0.15) is 0 Å². The molecule has 2 atom stereocenters. The molecule has 0 aliphatic heterocycles. The lowest BCUT2D eigenvalue weighted by Crippen LogP contribution is -2.41. The fraction of sp³-hybridized carbons (Fsp3) is 0.500. The third-order valence-corrected chi connectivity index (χ3v) is 2.47. The first kappa shape index (κ1) is 13.3. The number of hydrogen-bond donors (Lipinski definition) is 2. The Morgan fingerprint density at radius 3 is 2.88 bits per heavy atom. The van der Waals surface area contributed by atoms with Gasteiger partial charge in [-0.15, -0.1) is 0 Å². The Balaban J connectivity index is 2.57. The number of anilines is 1. The third-order valence-electron chi connectivity index (χ3n) is 2.47. The van der Waals surface area contributed by atoms with Crippen LogP contribution in [-0.4, -0.2) is 23.0 Å². The van der Waals surface area contributed by atoms with Crippen molar-refractivity contribution in [2.24, 2.45) is 0 Å². The van der Waals surface area contributed by atoms with Gasteiger partial charge in [-0.05, 0) is 32.4 Å². The monoisotopic (exact) mass is 237 g/mol. The van der Waals surface area contributed by atoms with Crippen LogP contribution in [0.25, 0.3) is 0 Å².